The number of hydrogen-bond donors (Lipinski definition) is 6. The lowest BCUT2D eigenvalue weighted by Gasteiger charge is -2.24. The Morgan fingerprint density at radius 1 is 1.03 bits per heavy atom. The summed E-state index contributed by atoms with van der Waals surface area (Å²) in [5.41, 5.74) is 1.65. The number of hydrogen-bond acceptors (Lipinski definition) is 12. The Balaban J connectivity index is 2.20. The standard InChI is InChI=1S/C25H37N7O5S/c1-17(35)15-32(16-18(2)36)10-13-38(37)21-6-4-20(5-7-21)30-31-23-19(3)22(14-26)24(27-8-11-33)29-25(23)28-9-12-34/h4-7,17-18,33-36H,8-13,15-16H2,1-3H3,(H2,27,28,29). The number of nitrogens with one attached hydrogen (secondary N) is 2. The molecule has 38 heavy (non-hydrogen) atoms. The van der Waals surface area contributed by atoms with Crippen LogP contribution in [0.3, 0.4) is 0 Å². The van der Waals surface area contributed by atoms with Crippen molar-refractivity contribution in [1.82, 2.24) is 9.88 Å². The van der Waals surface area contributed by atoms with Gasteiger partial charge in [-0.3, -0.25) is 9.11 Å². The lowest BCUT2D eigenvalue weighted by molar-refractivity contribution is 0.0874. The van der Waals surface area contributed by atoms with Gasteiger partial charge in [0.2, 0.25) is 0 Å². The van der Waals surface area contributed by atoms with Gasteiger partial charge in [-0.25, -0.2) is 4.98 Å². The quantitative estimate of drug-likeness (QED) is 0.169. The maximum absolute atomic E-state index is 12.8. The van der Waals surface area contributed by atoms with Crippen molar-refractivity contribution in [2.24, 2.45) is 10.2 Å². The van der Waals surface area contributed by atoms with Gasteiger partial charge >= 0.3 is 0 Å². The van der Waals surface area contributed by atoms with E-state index in [0.29, 0.717) is 58.9 Å². The number of nitriles is 1. The first-order chi connectivity index (χ1) is 18.2. The average molecular weight is 548 g/mol. The number of pyridine rings is 1. The van der Waals surface area contributed by atoms with E-state index in [4.69, 9.17) is 5.11 Å². The van der Waals surface area contributed by atoms with Gasteiger partial charge in [0.1, 0.15) is 17.6 Å². The number of anilines is 2. The SMILES string of the molecule is Cc1c(C#N)c(NCCO)nc(NCCO)c1N=Nc1ccc(S(=O)CCN(CC(C)O)CC(C)O)cc1. The first-order valence-electron chi connectivity index (χ1n) is 12.3. The summed E-state index contributed by atoms with van der Waals surface area (Å²) in [6.45, 7) is 6.46. The highest BCUT2D eigenvalue weighted by atomic mass is 32.2. The minimum absolute atomic E-state index is 0.130. The number of aliphatic hydroxyl groups is 4. The van der Waals surface area contributed by atoms with Crippen LogP contribution in [0.15, 0.2) is 39.4 Å². The van der Waals surface area contributed by atoms with Crippen molar-refractivity contribution < 1.29 is 24.6 Å². The molecule has 0 aliphatic carbocycles. The number of rotatable bonds is 16. The molecular formula is C25H37N7O5S. The summed E-state index contributed by atoms with van der Waals surface area (Å²) in [5, 5.41) is 61.8. The second-order valence-corrected chi connectivity index (χ2v) is 10.3. The largest absolute Gasteiger partial charge is 0.395 e. The Hall–Kier alpha value is -2.99. The van der Waals surface area contributed by atoms with Crippen LogP contribution in [-0.4, -0.2) is 98.4 Å². The Kier molecular flexibility index (Phi) is 13.2. The van der Waals surface area contributed by atoms with E-state index in [2.05, 4.69) is 31.9 Å². The highest BCUT2D eigenvalue weighted by Gasteiger charge is 2.17. The molecule has 0 bridgehead atoms. The average Bonchev–Trinajstić information content (AvgIpc) is 2.88. The second kappa shape index (κ2) is 16.1. The molecular weight excluding hydrogens is 510 g/mol. The number of azo groups is 1. The Bertz CT molecular complexity index is 1110. The van der Waals surface area contributed by atoms with Crippen LogP contribution in [0.25, 0.3) is 0 Å². The molecule has 0 saturated carbocycles. The van der Waals surface area contributed by atoms with Crippen molar-refractivity contribution in [3.63, 3.8) is 0 Å². The van der Waals surface area contributed by atoms with Gasteiger partial charge in [0.25, 0.3) is 0 Å². The lowest BCUT2D eigenvalue weighted by Crippen LogP contribution is -2.38. The minimum atomic E-state index is -1.28. The molecule has 0 saturated heterocycles. The topological polar surface area (TPSA) is 187 Å². The summed E-state index contributed by atoms with van der Waals surface area (Å²) in [4.78, 5) is 6.90. The van der Waals surface area contributed by atoms with E-state index in [1.807, 2.05) is 4.90 Å². The van der Waals surface area contributed by atoms with E-state index in [0.717, 1.165) is 0 Å². The second-order valence-electron chi connectivity index (χ2n) is 8.77. The fourth-order valence-electron chi connectivity index (χ4n) is 3.66. The van der Waals surface area contributed by atoms with E-state index >= 15 is 0 Å². The van der Waals surface area contributed by atoms with Gasteiger partial charge in [-0.15, -0.1) is 5.11 Å². The molecule has 6 N–H and O–H groups in total. The van der Waals surface area contributed by atoms with Gasteiger partial charge in [-0.05, 0) is 45.0 Å². The summed E-state index contributed by atoms with van der Waals surface area (Å²) < 4.78 is 12.8. The smallest absolute Gasteiger partial charge is 0.156 e. The molecule has 3 unspecified atom stereocenters. The molecule has 0 radical (unpaired) electrons. The predicted octanol–water partition coefficient (Wildman–Crippen LogP) is 1.66. The molecule has 0 fully saturated rings. The molecule has 3 atom stereocenters. The van der Waals surface area contributed by atoms with Crippen molar-refractivity contribution in [1.29, 1.82) is 5.26 Å². The highest BCUT2D eigenvalue weighted by Crippen LogP contribution is 2.34. The molecule has 2 aromatic rings. The van der Waals surface area contributed by atoms with Gasteiger partial charge < -0.3 is 31.1 Å². The van der Waals surface area contributed by atoms with E-state index in [1.165, 1.54) is 0 Å². The number of benzene rings is 1. The molecule has 208 valence electrons. The third-order valence-electron chi connectivity index (χ3n) is 5.34. The molecule has 13 heteroatoms. The number of aromatic nitrogens is 1. The zero-order valence-electron chi connectivity index (χ0n) is 22.0. The molecule has 2 rings (SSSR count). The van der Waals surface area contributed by atoms with Gasteiger partial charge in [-0.2, -0.15) is 10.4 Å². The first kappa shape index (κ1) is 31.2. The Morgan fingerprint density at radius 2 is 1.61 bits per heavy atom. The van der Waals surface area contributed by atoms with Crippen LogP contribution in [0.4, 0.5) is 23.0 Å². The van der Waals surface area contributed by atoms with Gasteiger partial charge in [0, 0.05) is 48.9 Å². The van der Waals surface area contributed by atoms with Gasteiger partial charge in [0.15, 0.2) is 5.82 Å². The van der Waals surface area contributed by atoms with Crippen LogP contribution < -0.4 is 10.6 Å². The van der Waals surface area contributed by atoms with Crippen LogP contribution in [-0.2, 0) is 10.8 Å². The van der Waals surface area contributed by atoms with E-state index in [1.54, 1.807) is 45.0 Å². The highest BCUT2D eigenvalue weighted by molar-refractivity contribution is 7.85. The lowest BCUT2D eigenvalue weighted by atomic mass is 10.1. The molecule has 1 aromatic heterocycles. The van der Waals surface area contributed by atoms with Crippen molar-refractivity contribution in [2.75, 3.05) is 62.3 Å². The Labute approximate surface area is 225 Å². The first-order valence-corrected chi connectivity index (χ1v) is 13.6. The van der Waals surface area contributed by atoms with E-state index in [9.17, 15) is 24.8 Å². The van der Waals surface area contributed by atoms with Crippen molar-refractivity contribution >= 4 is 33.8 Å². The van der Waals surface area contributed by atoms with Crippen molar-refractivity contribution in [3.05, 3.63) is 35.4 Å². The molecule has 0 aliphatic heterocycles. The van der Waals surface area contributed by atoms with Crippen LogP contribution in [0.2, 0.25) is 0 Å². The predicted molar refractivity (Wildman–Crippen MR) is 147 cm³/mol. The molecule has 0 spiro atoms. The number of aliphatic hydroxyl groups excluding tert-OH is 4. The third kappa shape index (κ3) is 9.71. The maximum atomic E-state index is 12.8. The van der Waals surface area contributed by atoms with Gasteiger partial charge in [0.05, 0.1) is 47.5 Å². The number of nitrogens with zero attached hydrogens (tertiary/aromatic N) is 5. The van der Waals surface area contributed by atoms with Crippen LogP contribution in [0.1, 0.15) is 25.0 Å². The van der Waals surface area contributed by atoms with E-state index in [-0.39, 0.29) is 31.9 Å². The molecule has 1 heterocycles. The molecule has 0 amide bonds. The van der Waals surface area contributed by atoms with E-state index < -0.39 is 23.0 Å². The minimum Gasteiger partial charge on any atom is -0.395 e. The fraction of sp³-hybridized carbons (Fsp3) is 0.520. The van der Waals surface area contributed by atoms with Gasteiger partial charge in [-0.1, -0.05) is 0 Å². The third-order valence-corrected chi connectivity index (χ3v) is 6.69. The summed E-state index contributed by atoms with van der Waals surface area (Å²) >= 11 is 0. The maximum Gasteiger partial charge on any atom is 0.156 e. The van der Waals surface area contributed by atoms with Crippen LogP contribution in [0.5, 0.6) is 0 Å². The normalized spacial score (nSPS) is 13.9. The summed E-state index contributed by atoms with van der Waals surface area (Å²) in [5.74, 6) is 0.973. The summed E-state index contributed by atoms with van der Waals surface area (Å²) in [6.07, 6.45) is -1.11. The fourth-order valence-corrected chi connectivity index (χ4v) is 4.76. The molecule has 1 aromatic carbocycles. The van der Waals surface area contributed by atoms with Crippen LogP contribution >= 0.6 is 0 Å². The monoisotopic (exact) mass is 547 g/mol. The zero-order valence-corrected chi connectivity index (χ0v) is 22.8. The summed E-state index contributed by atoms with van der Waals surface area (Å²) in [7, 11) is -1.28. The zero-order chi connectivity index (χ0) is 28.1. The van der Waals surface area contributed by atoms with Crippen molar-refractivity contribution in [3.8, 4) is 6.07 Å². The van der Waals surface area contributed by atoms with Crippen molar-refractivity contribution in [2.45, 2.75) is 37.9 Å². The summed E-state index contributed by atoms with van der Waals surface area (Å²) in [6, 6.07) is 8.89. The van der Waals surface area contributed by atoms with Crippen LogP contribution in [0, 0.1) is 18.3 Å². The Morgan fingerprint density at radius 3 is 2.13 bits per heavy atom. The molecule has 12 nitrogen and oxygen atoms in total. The molecule has 0 aliphatic rings.